The minimum atomic E-state index is -0.504. The van der Waals surface area contributed by atoms with Crippen molar-refractivity contribution in [3.05, 3.63) is 69.7 Å². The molecule has 4 aliphatic rings. The van der Waals surface area contributed by atoms with Crippen LogP contribution in [-0.2, 0) is 6.42 Å². The van der Waals surface area contributed by atoms with E-state index in [0.29, 0.717) is 48.3 Å². The highest BCUT2D eigenvalue weighted by atomic mass is 35.5. The molecule has 2 atom stereocenters. The highest BCUT2D eigenvalue weighted by Crippen LogP contribution is 2.40. The minimum Gasteiger partial charge on any atom is -0.508 e. The van der Waals surface area contributed by atoms with Gasteiger partial charge in [0, 0.05) is 42.7 Å². The third-order valence-corrected chi connectivity index (χ3v) is 9.62. The van der Waals surface area contributed by atoms with Crippen LogP contribution in [0.3, 0.4) is 0 Å². The van der Waals surface area contributed by atoms with E-state index in [0.717, 1.165) is 63.1 Å². The van der Waals surface area contributed by atoms with Crippen LogP contribution >= 0.6 is 11.6 Å². The van der Waals surface area contributed by atoms with Gasteiger partial charge in [-0.25, -0.2) is 4.39 Å². The van der Waals surface area contributed by atoms with E-state index in [4.69, 9.17) is 21.3 Å². The molecule has 3 saturated heterocycles. The van der Waals surface area contributed by atoms with Crippen molar-refractivity contribution in [1.29, 1.82) is 0 Å². The summed E-state index contributed by atoms with van der Waals surface area (Å²) in [4.78, 5) is 14.2. The quantitative estimate of drug-likeness (QED) is 0.297. The average Bonchev–Trinajstić information content (AvgIpc) is 3.35. The predicted octanol–water partition coefficient (Wildman–Crippen LogP) is 6.55. The van der Waals surface area contributed by atoms with Crippen LogP contribution in [0.5, 0.6) is 6.01 Å². The number of aromatic nitrogens is 2. The van der Waals surface area contributed by atoms with Crippen molar-refractivity contribution < 1.29 is 14.2 Å². The molecule has 2 bridgehead atoms. The third kappa shape index (κ3) is 6.10. The number of hydrogen-bond acceptors (Lipinski definition) is 7. The lowest BCUT2D eigenvalue weighted by atomic mass is 9.92. The summed E-state index contributed by atoms with van der Waals surface area (Å²) in [6.07, 6.45) is 11.5. The number of piperazine rings is 1. The zero-order valence-corrected chi connectivity index (χ0v) is 25.3. The Morgan fingerprint density at radius 2 is 1.81 bits per heavy atom. The van der Waals surface area contributed by atoms with E-state index >= 15 is 4.39 Å². The maximum atomic E-state index is 16.7. The Bertz CT molecular complexity index is 1560. The van der Waals surface area contributed by atoms with Crippen LogP contribution in [0.25, 0.3) is 22.6 Å². The zero-order chi connectivity index (χ0) is 29.3. The van der Waals surface area contributed by atoms with Crippen LogP contribution in [0, 0.1) is 5.82 Å². The molecule has 9 heteroatoms. The lowest BCUT2D eigenvalue weighted by Crippen LogP contribution is -2.51. The van der Waals surface area contributed by atoms with Crippen LogP contribution in [0.15, 0.2) is 42.2 Å². The van der Waals surface area contributed by atoms with E-state index in [1.165, 1.54) is 19.3 Å². The fraction of sp³-hybridized carbons (Fsp3) is 0.471. The van der Waals surface area contributed by atoms with E-state index in [2.05, 4.69) is 20.1 Å². The molecule has 7 nitrogen and oxygen atoms in total. The Morgan fingerprint density at radius 3 is 2.63 bits per heavy atom. The predicted molar refractivity (Wildman–Crippen MR) is 170 cm³/mol. The van der Waals surface area contributed by atoms with Gasteiger partial charge in [0.25, 0.3) is 0 Å². The lowest BCUT2D eigenvalue weighted by molar-refractivity contribution is 0.201. The van der Waals surface area contributed by atoms with Gasteiger partial charge in [-0.2, -0.15) is 9.97 Å². The summed E-state index contributed by atoms with van der Waals surface area (Å²) in [5, 5.41) is 15.3. The first kappa shape index (κ1) is 28.6. The molecule has 0 amide bonds. The fourth-order valence-electron chi connectivity index (χ4n) is 7.19. The summed E-state index contributed by atoms with van der Waals surface area (Å²) in [7, 11) is 0. The van der Waals surface area contributed by atoms with Crippen molar-refractivity contribution in [2.45, 2.75) is 63.5 Å². The summed E-state index contributed by atoms with van der Waals surface area (Å²) >= 11 is 6.88. The molecule has 3 fully saturated rings. The average molecular weight is 604 g/mol. The SMILES string of the molecule is OC1=C/c2ccccc2CC/C(c2c(Cl)cc3c(N4CC5CCC(C4)N5)nc(OCCCN4CCCCC4)nc3c2F)=C\1. The Labute approximate surface area is 257 Å². The summed E-state index contributed by atoms with van der Waals surface area (Å²) in [6.45, 7) is 5.32. The number of piperidine rings is 1. The number of anilines is 1. The Hall–Kier alpha value is -3.20. The van der Waals surface area contributed by atoms with E-state index in [1.54, 1.807) is 18.2 Å². The molecule has 0 saturated carbocycles. The normalized spacial score (nSPS) is 24.9. The molecule has 43 heavy (non-hydrogen) atoms. The molecule has 7 rings (SSSR count). The number of aliphatic hydroxyl groups excluding tert-OH is 1. The molecule has 4 heterocycles. The number of benzene rings is 2. The van der Waals surface area contributed by atoms with E-state index in [-0.39, 0.29) is 27.9 Å². The van der Waals surface area contributed by atoms with Crippen molar-refractivity contribution in [1.82, 2.24) is 20.2 Å². The number of allylic oxidation sites excluding steroid dienone is 2. The van der Waals surface area contributed by atoms with Gasteiger partial charge in [0.1, 0.15) is 17.1 Å². The largest absolute Gasteiger partial charge is 0.508 e. The number of aliphatic hydroxyl groups is 1. The second-order valence-electron chi connectivity index (χ2n) is 12.4. The Balaban J connectivity index is 1.24. The molecule has 226 valence electrons. The van der Waals surface area contributed by atoms with Crippen LogP contribution in [0.1, 0.15) is 61.6 Å². The zero-order valence-electron chi connectivity index (χ0n) is 24.5. The number of hydrogen-bond donors (Lipinski definition) is 2. The van der Waals surface area contributed by atoms with Gasteiger partial charge in [-0.15, -0.1) is 0 Å². The van der Waals surface area contributed by atoms with E-state index < -0.39 is 5.82 Å². The maximum absolute atomic E-state index is 16.7. The smallest absolute Gasteiger partial charge is 0.319 e. The molecule has 1 aliphatic carbocycles. The number of nitrogens with one attached hydrogen (secondary N) is 1. The third-order valence-electron chi connectivity index (χ3n) is 9.32. The topological polar surface area (TPSA) is 73.8 Å². The second kappa shape index (κ2) is 12.4. The molecule has 3 aliphatic heterocycles. The number of nitrogens with zero attached hydrogens (tertiary/aromatic N) is 4. The molecule has 2 aromatic carbocycles. The van der Waals surface area contributed by atoms with Gasteiger partial charge in [0.2, 0.25) is 0 Å². The molecule has 2 N–H and O–H groups in total. The molecular formula is C34H39ClFN5O2. The number of halogens is 2. The minimum absolute atomic E-state index is 0.0649. The van der Waals surface area contributed by atoms with Crippen molar-refractivity contribution in [2.24, 2.45) is 0 Å². The van der Waals surface area contributed by atoms with Crippen molar-refractivity contribution >= 4 is 40.0 Å². The number of fused-ring (bicyclic) bond motifs is 4. The van der Waals surface area contributed by atoms with Gasteiger partial charge in [0.15, 0.2) is 5.82 Å². The molecular weight excluding hydrogens is 565 g/mol. The molecule has 0 radical (unpaired) electrons. The van der Waals surface area contributed by atoms with Crippen LogP contribution in [0.2, 0.25) is 5.02 Å². The lowest BCUT2D eigenvalue weighted by Gasteiger charge is -2.34. The van der Waals surface area contributed by atoms with E-state index in [1.807, 2.05) is 24.3 Å². The Morgan fingerprint density at radius 1 is 1.02 bits per heavy atom. The number of likely N-dealkylation sites (tertiary alicyclic amines) is 1. The van der Waals surface area contributed by atoms with E-state index in [9.17, 15) is 5.11 Å². The first-order chi connectivity index (χ1) is 21.0. The highest BCUT2D eigenvalue weighted by Gasteiger charge is 2.34. The summed E-state index contributed by atoms with van der Waals surface area (Å²) in [6, 6.07) is 10.7. The van der Waals surface area contributed by atoms with Crippen molar-refractivity contribution in [3.63, 3.8) is 0 Å². The number of aryl methyl sites for hydroxylation is 1. The first-order valence-electron chi connectivity index (χ1n) is 15.8. The van der Waals surface area contributed by atoms with Crippen molar-refractivity contribution in [2.75, 3.05) is 44.2 Å². The van der Waals surface area contributed by atoms with Gasteiger partial charge in [0.05, 0.1) is 11.6 Å². The monoisotopic (exact) mass is 603 g/mol. The summed E-state index contributed by atoms with van der Waals surface area (Å²) < 4.78 is 22.8. The van der Waals surface area contributed by atoms with Gasteiger partial charge < -0.3 is 25.0 Å². The van der Waals surface area contributed by atoms with Gasteiger partial charge in [-0.05, 0) is 93.0 Å². The van der Waals surface area contributed by atoms with Crippen LogP contribution in [-0.4, -0.2) is 71.4 Å². The maximum Gasteiger partial charge on any atom is 0.319 e. The van der Waals surface area contributed by atoms with Crippen molar-refractivity contribution in [3.8, 4) is 6.01 Å². The van der Waals surface area contributed by atoms with Gasteiger partial charge >= 0.3 is 6.01 Å². The van der Waals surface area contributed by atoms with Crippen LogP contribution < -0.4 is 15.0 Å². The second-order valence-corrected chi connectivity index (χ2v) is 12.8. The Kier molecular flexibility index (Phi) is 8.25. The highest BCUT2D eigenvalue weighted by molar-refractivity contribution is 6.33. The molecule has 2 unspecified atom stereocenters. The fourth-order valence-corrected chi connectivity index (χ4v) is 7.50. The molecule has 3 aromatic rings. The summed E-state index contributed by atoms with van der Waals surface area (Å²) in [5.74, 6) is 0.232. The number of rotatable bonds is 7. The summed E-state index contributed by atoms with van der Waals surface area (Å²) in [5.41, 5.74) is 3.17. The molecule has 0 spiro atoms. The standard InChI is InChI=1S/C34H39ClFN5O2/c35-29-19-28-32(31(36)30(29)24-10-9-22-7-2-3-8-23(22)17-27(42)18-24)38-34(43-16-6-15-40-13-4-1-5-14-40)39-33(28)41-20-25-11-12-26(21-41)37-25/h2-3,7-8,17-19,25-26,37,42H,1,4-6,9-16,20-21H2/b24-18+,27-17+. The number of ether oxygens (including phenoxy) is 1. The molecule has 1 aromatic heterocycles. The van der Waals surface area contributed by atoms with Gasteiger partial charge in [-0.3, -0.25) is 0 Å². The van der Waals surface area contributed by atoms with Gasteiger partial charge in [-0.1, -0.05) is 42.3 Å². The first-order valence-corrected chi connectivity index (χ1v) is 16.1. The van der Waals surface area contributed by atoms with Crippen LogP contribution in [0.4, 0.5) is 10.2 Å².